The molecule has 2 nitrogen and oxygen atoms in total. The highest BCUT2D eigenvalue weighted by molar-refractivity contribution is 6.68. The molecule has 3 heteroatoms. The van der Waals surface area contributed by atoms with Crippen LogP contribution in [0.2, 0.25) is 0 Å². The van der Waals surface area contributed by atoms with Gasteiger partial charge in [-0.3, -0.25) is 5.41 Å². The van der Waals surface area contributed by atoms with Crippen molar-refractivity contribution in [3.8, 4) is 0 Å². The van der Waals surface area contributed by atoms with Crippen molar-refractivity contribution in [3.63, 3.8) is 0 Å². The van der Waals surface area contributed by atoms with E-state index >= 15 is 0 Å². The molecule has 0 saturated heterocycles. The van der Waals surface area contributed by atoms with Gasteiger partial charge in [-0.25, -0.2) is 4.57 Å². The standard InChI is InChI=1S/C7H8ClN2/c1-10-4-2-3-6(5-10)7(8)9/h2-5,9H,1H3/q+1. The average Bonchev–Trinajstić information content (AvgIpc) is 1.88. The van der Waals surface area contributed by atoms with Gasteiger partial charge in [0, 0.05) is 6.07 Å². The van der Waals surface area contributed by atoms with E-state index in [9.17, 15) is 0 Å². The van der Waals surface area contributed by atoms with Crippen LogP contribution in [0.25, 0.3) is 0 Å². The van der Waals surface area contributed by atoms with Crippen molar-refractivity contribution in [1.82, 2.24) is 0 Å². The fourth-order valence-corrected chi connectivity index (χ4v) is 0.830. The quantitative estimate of drug-likeness (QED) is 0.464. The Morgan fingerprint density at radius 1 is 1.70 bits per heavy atom. The predicted molar refractivity (Wildman–Crippen MR) is 40.3 cm³/mol. The number of hydrogen-bond donors (Lipinski definition) is 1. The number of halogens is 1. The van der Waals surface area contributed by atoms with Crippen molar-refractivity contribution in [2.24, 2.45) is 7.05 Å². The molecule has 1 aromatic heterocycles. The zero-order valence-electron chi connectivity index (χ0n) is 5.63. The van der Waals surface area contributed by atoms with E-state index in [0.717, 1.165) is 5.56 Å². The molecule has 0 fully saturated rings. The van der Waals surface area contributed by atoms with Crippen LogP contribution in [0.1, 0.15) is 5.56 Å². The van der Waals surface area contributed by atoms with Gasteiger partial charge in [0.1, 0.15) is 12.2 Å². The summed E-state index contributed by atoms with van der Waals surface area (Å²) < 4.78 is 1.85. The molecule has 0 spiro atoms. The van der Waals surface area contributed by atoms with Gasteiger partial charge in [-0.2, -0.15) is 0 Å². The van der Waals surface area contributed by atoms with E-state index in [1.54, 1.807) is 12.3 Å². The lowest BCUT2D eigenvalue weighted by Crippen LogP contribution is -2.27. The second-order valence-corrected chi connectivity index (χ2v) is 2.45. The highest BCUT2D eigenvalue weighted by Crippen LogP contribution is 1.97. The average molecular weight is 156 g/mol. The Kier molecular flexibility index (Phi) is 2.02. The first-order valence-electron chi connectivity index (χ1n) is 2.90. The van der Waals surface area contributed by atoms with Gasteiger partial charge in [0.25, 0.3) is 0 Å². The van der Waals surface area contributed by atoms with E-state index in [4.69, 9.17) is 17.0 Å². The summed E-state index contributed by atoms with van der Waals surface area (Å²) in [5.41, 5.74) is 0.742. The third-order valence-electron chi connectivity index (χ3n) is 1.19. The van der Waals surface area contributed by atoms with Gasteiger partial charge in [-0.1, -0.05) is 11.6 Å². The van der Waals surface area contributed by atoms with Crippen molar-refractivity contribution in [3.05, 3.63) is 30.1 Å². The lowest BCUT2D eigenvalue weighted by atomic mass is 10.3. The van der Waals surface area contributed by atoms with Crippen LogP contribution in [-0.4, -0.2) is 5.17 Å². The molecular weight excluding hydrogens is 148 g/mol. The van der Waals surface area contributed by atoms with Gasteiger partial charge in [-0.15, -0.1) is 0 Å². The molecular formula is C7H8ClN2+. The van der Waals surface area contributed by atoms with Crippen molar-refractivity contribution in [1.29, 1.82) is 5.41 Å². The Balaban J connectivity index is 3.07. The van der Waals surface area contributed by atoms with E-state index in [1.807, 2.05) is 23.9 Å². The SMILES string of the molecule is C[n+]1cccc(C(=N)Cl)c1. The smallest absolute Gasteiger partial charge is 0.178 e. The fraction of sp³-hybridized carbons (Fsp3) is 0.143. The summed E-state index contributed by atoms with van der Waals surface area (Å²) in [4.78, 5) is 0. The van der Waals surface area contributed by atoms with E-state index in [-0.39, 0.29) is 5.17 Å². The molecule has 1 heterocycles. The van der Waals surface area contributed by atoms with Crippen LogP contribution < -0.4 is 4.57 Å². The van der Waals surface area contributed by atoms with Crippen molar-refractivity contribution in [2.75, 3.05) is 0 Å². The third kappa shape index (κ3) is 1.54. The highest BCUT2D eigenvalue weighted by atomic mass is 35.5. The molecule has 1 N–H and O–H groups in total. The Hall–Kier alpha value is -0.890. The summed E-state index contributed by atoms with van der Waals surface area (Å²) in [6.45, 7) is 0. The summed E-state index contributed by atoms with van der Waals surface area (Å²) >= 11 is 5.45. The van der Waals surface area contributed by atoms with Gasteiger partial charge >= 0.3 is 0 Å². The Bertz CT molecular complexity index is 258. The molecule has 0 aliphatic carbocycles. The topological polar surface area (TPSA) is 27.7 Å². The fourth-order valence-electron chi connectivity index (χ4n) is 0.718. The van der Waals surface area contributed by atoms with Crippen LogP contribution in [0, 0.1) is 5.41 Å². The lowest BCUT2D eigenvalue weighted by molar-refractivity contribution is -0.671. The normalized spacial score (nSPS) is 9.40. The molecule has 0 atom stereocenters. The Morgan fingerprint density at radius 2 is 2.40 bits per heavy atom. The molecule has 0 bridgehead atoms. The summed E-state index contributed by atoms with van der Waals surface area (Å²) in [5.74, 6) is 0. The minimum Gasteiger partial charge on any atom is -0.289 e. The zero-order chi connectivity index (χ0) is 7.56. The Labute approximate surface area is 64.6 Å². The number of hydrogen-bond acceptors (Lipinski definition) is 1. The molecule has 52 valence electrons. The van der Waals surface area contributed by atoms with Crippen LogP contribution in [0.4, 0.5) is 0 Å². The molecule has 0 radical (unpaired) electrons. The summed E-state index contributed by atoms with van der Waals surface area (Å²) in [6.07, 6.45) is 3.69. The van der Waals surface area contributed by atoms with Crippen molar-refractivity contribution < 1.29 is 4.57 Å². The minimum absolute atomic E-state index is 0.0798. The van der Waals surface area contributed by atoms with Gasteiger partial charge in [0.2, 0.25) is 0 Å². The Morgan fingerprint density at radius 3 is 2.80 bits per heavy atom. The largest absolute Gasteiger partial charge is 0.289 e. The zero-order valence-corrected chi connectivity index (χ0v) is 6.39. The van der Waals surface area contributed by atoms with Crippen LogP contribution in [0.15, 0.2) is 24.5 Å². The third-order valence-corrected chi connectivity index (χ3v) is 1.41. The number of nitrogens with zero attached hydrogens (tertiary/aromatic N) is 1. The number of aryl methyl sites for hydroxylation is 1. The number of pyridine rings is 1. The van der Waals surface area contributed by atoms with E-state index in [1.165, 1.54) is 0 Å². The monoisotopic (exact) mass is 155 g/mol. The maximum absolute atomic E-state index is 7.08. The van der Waals surface area contributed by atoms with Gasteiger partial charge < -0.3 is 0 Å². The molecule has 1 rings (SSSR count). The first kappa shape index (κ1) is 7.22. The van der Waals surface area contributed by atoms with Gasteiger partial charge in [0.15, 0.2) is 12.4 Å². The van der Waals surface area contributed by atoms with Gasteiger partial charge in [0.05, 0.1) is 5.56 Å². The lowest BCUT2D eigenvalue weighted by Gasteiger charge is -1.90. The number of aromatic nitrogens is 1. The summed E-state index contributed by atoms with van der Waals surface area (Å²) in [6, 6.07) is 3.65. The number of rotatable bonds is 1. The minimum atomic E-state index is 0.0798. The molecule has 0 aromatic carbocycles. The van der Waals surface area contributed by atoms with E-state index in [2.05, 4.69) is 0 Å². The highest BCUT2D eigenvalue weighted by Gasteiger charge is 1.99. The predicted octanol–water partition coefficient (Wildman–Crippen LogP) is 1.08. The molecule has 0 unspecified atom stereocenters. The molecule has 0 aliphatic rings. The van der Waals surface area contributed by atoms with Gasteiger partial charge in [-0.05, 0) is 6.07 Å². The molecule has 0 saturated carbocycles. The van der Waals surface area contributed by atoms with Crippen LogP contribution in [0.3, 0.4) is 0 Å². The van der Waals surface area contributed by atoms with Crippen LogP contribution in [-0.2, 0) is 7.05 Å². The van der Waals surface area contributed by atoms with Crippen molar-refractivity contribution in [2.45, 2.75) is 0 Å². The summed E-state index contributed by atoms with van der Waals surface area (Å²) in [5, 5.41) is 7.16. The van der Waals surface area contributed by atoms with Crippen LogP contribution >= 0.6 is 11.6 Å². The van der Waals surface area contributed by atoms with Crippen LogP contribution in [0.5, 0.6) is 0 Å². The van der Waals surface area contributed by atoms with Crippen molar-refractivity contribution >= 4 is 16.8 Å². The van der Waals surface area contributed by atoms with E-state index < -0.39 is 0 Å². The first-order valence-corrected chi connectivity index (χ1v) is 3.27. The maximum atomic E-state index is 7.08. The first-order chi connectivity index (χ1) is 4.70. The second kappa shape index (κ2) is 2.80. The number of nitrogens with one attached hydrogen (secondary N) is 1. The summed E-state index contributed by atoms with van der Waals surface area (Å²) in [7, 11) is 1.89. The van der Waals surface area contributed by atoms with E-state index in [0.29, 0.717) is 0 Å². The molecule has 0 amide bonds. The molecule has 0 aliphatic heterocycles. The molecule has 1 aromatic rings. The molecule has 10 heavy (non-hydrogen) atoms. The maximum Gasteiger partial charge on any atom is 0.178 e. The second-order valence-electron chi connectivity index (χ2n) is 2.07.